The van der Waals surface area contributed by atoms with Gasteiger partial charge in [0.15, 0.2) is 11.5 Å². The fourth-order valence-corrected chi connectivity index (χ4v) is 3.69. The molecule has 28 heavy (non-hydrogen) atoms. The van der Waals surface area contributed by atoms with Crippen molar-refractivity contribution in [2.45, 2.75) is 31.3 Å². The Morgan fingerprint density at radius 1 is 1.36 bits per heavy atom. The van der Waals surface area contributed by atoms with Crippen LogP contribution in [0, 0.1) is 5.92 Å². The third kappa shape index (κ3) is 4.86. The SMILES string of the molecule is CCOC(=O)[C@@H]1CCCN(C(=O)c2cc(COc3ccccc3SC)on2)C1. The van der Waals surface area contributed by atoms with Crippen LogP contribution < -0.4 is 4.74 Å². The first kappa shape index (κ1) is 20.3. The molecular formula is C20H24N2O5S. The van der Waals surface area contributed by atoms with Crippen molar-refractivity contribution < 1.29 is 23.6 Å². The lowest BCUT2D eigenvalue weighted by Gasteiger charge is -2.30. The van der Waals surface area contributed by atoms with Crippen LogP contribution in [0.15, 0.2) is 39.8 Å². The zero-order chi connectivity index (χ0) is 19.9. The van der Waals surface area contributed by atoms with Gasteiger partial charge in [-0.25, -0.2) is 0 Å². The van der Waals surface area contributed by atoms with Crippen molar-refractivity contribution in [2.24, 2.45) is 5.92 Å². The molecule has 150 valence electrons. The fourth-order valence-electron chi connectivity index (χ4n) is 3.14. The van der Waals surface area contributed by atoms with Gasteiger partial charge in [0.05, 0.1) is 12.5 Å². The number of aromatic nitrogens is 1. The number of nitrogens with zero attached hydrogens (tertiary/aromatic N) is 2. The zero-order valence-electron chi connectivity index (χ0n) is 16.1. The number of amides is 1. The van der Waals surface area contributed by atoms with Gasteiger partial charge in [0.2, 0.25) is 0 Å². The third-order valence-corrected chi connectivity index (χ3v) is 5.32. The molecule has 1 amide bonds. The van der Waals surface area contributed by atoms with E-state index in [4.69, 9.17) is 14.0 Å². The van der Waals surface area contributed by atoms with E-state index in [1.54, 1.807) is 29.7 Å². The molecule has 1 fully saturated rings. The van der Waals surface area contributed by atoms with Crippen LogP contribution in [0.2, 0.25) is 0 Å². The number of carbonyl (C=O) groups excluding carboxylic acids is 2. The molecule has 1 aromatic carbocycles. The van der Waals surface area contributed by atoms with Crippen LogP contribution in [-0.4, -0.2) is 47.9 Å². The Morgan fingerprint density at radius 2 is 2.18 bits per heavy atom. The van der Waals surface area contributed by atoms with E-state index in [2.05, 4.69) is 5.16 Å². The fraction of sp³-hybridized carbons (Fsp3) is 0.450. The highest BCUT2D eigenvalue weighted by Gasteiger charge is 2.31. The number of ether oxygens (including phenoxy) is 2. The van der Waals surface area contributed by atoms with Gasteiger partial charge in [-0.2, -0.15) is 0 Å². The largest absolute Gasteiger partial charge is 0.484 e. The van der Waals surface area contributed by atoms with E-state index in [9.17, 15) is 9.59 Å². The van der Waals surface area contributed by atoms with Crippen molar-refractivity contribution in [3.05, 3.63) is 41.8 Å². The Hall–Kier alpha value is -2.48. The first-order chi connectivity index (χ1) is 13.6. The third-order valence-electron chi connectivity index (χ3n) is 4.55. The predicted molar refractivity (Wildman–Crippen MR) is 104 cm³/mol. The van der Waals surface area contributed by atoms with Crippen LogP contribution in [0.1, 0.15) is 36.0 Å². The van der Waals surface area contributed by atoms with Gasteiger partial charge in [-0.3, -0.25) is 9.59 Å². The van der Waals surface area contributed by atoms with Crippen LogP contribution in [0.4, 0.5) is 0 Å². The van der Waals surface area contributed by atoms with Crippen molar-refractivity contribution in [3.8, 4) is 5.75 Å². The number of piperidine rings is 1. The highest BCUT2D eigenvalue weighted by molar-refractivity contribution is 7.98. The molecule has 0 aliphatic carbocycles. The number of carbonyl (C=O) groups is 2. The molecule has 0 unspecified atom stereocenters. The summed E-state index contributed by atoms with van der Waals surface area (Å²) in [5.74, 6) is 0.455. The number of thioether (sulfide) groups is 1. The lowest BCUT2D eigenvalue weighted by Crippen LogP contribution is -2.42. The second-order valence-corrected chi connectivity index (χ2v) is 7.31. The van der Waals surface area contributed by atoms with Crippen molar-refractivity contribution in [1.82, 2.24) is 10.1 Å². The zero-order valence-corrected chi connectivity index (χ0v) is 16.9. The average molecular weight is 404 g/mol. The Kier molecular flexibility index (Phi) is 6.97. The molecule has 0 spiro atoms. The molecule has 0 saturated carbocycles. The second kappa shape index (κ2) is 9.64. The van der Waals surface area contributed by atoms with Gasteiger partial charge in [-0.05, 0) is 38.2 Å². The monoisotopic (exact) mass is 404 g/mol. The first-order valence-electron chi connectivity index (χ1n) is 9.29. The van der Waals surface area contributed by atoms with Crippen molar-refractivity contribution in [1.29, 1.82) is 0 Å². The van der Waals surface area contributed by atoms with Crippen molar-refractivity contribution >= 4 is 23.6 Å². The molecular weight excluding hydrogens is 380 g/mol. The first-order valence-corrected chi connectivity index (χ1v) is 10.5. The second-order valence-electron chi connectivity index (χ2n) is 6.46. The summed E-state index contributed by atoms with van der Waals surface area (Å²) in [7, 11) is 0. The highest BCUT2D eigenvalue weighted by Crippen LogP contribution is 2.27. The van der Waals surface area contributed by atoms with Gasteiger partial charge >= 0.3 is 5.97 Å². The Bertz CT molecular complexity index is 822. The summed E-state index contributed by atoms with van der Waals surface area (Å²) in [5, 5.41) is 3.88. The average Bonchev–Trinajstić information content (AvgIpc) is 3.21. The number of rotatable bonds is 7. The van der Waals surface area contributed by atoms with Crippen molar-refractivity contribution in [2.75, 3.05) is 26.0 Å². The Labute approximate surface area is 168 Å². The summed E-state index contributed by atoms with van der Waals surface area (Å²) in [6.45, 7) is 3.24. The van der Waals surface area contributed by atoms with E-state index in [-0.39, 0.29) is 30.1 Å². The molecule has 2 aromatic rings. The summed E-state index contributed by atoms with van der Waals surface area (Å²) < 4.78 is 16.1. The van der Waals surface area contributed by atoms with Crippen molar-refractivity contribution in [3.63, 3.8) is 0 Å². The molecule has 1 aromatic heterocycles. The van der Waals surface area contributed by atoms with E-state index in [0.717, 1.165) is 23.5 Å². The molecule has 7 nitrogen and oxygen atoms in total. The molecule has 1 atom stereocenters. The molecule has 1 aliphatic rings. The maximum absolute atomic E-state index is 12.7. The standard InChI is InChI=1S/C20H24N2O5S/c1-3-25-20(24)14-7-6-10-22(12-14)19(23)16-11-15(27-21-16)13-26-17-8-4-5-9-18(17)28-2/h4-5,8-9,11,14H,3,6-7,10,12-13H2,1-2H3/t14-/m1/s1. The molecule has 8 heteroatoms. The summed E-state index contributed by atoms with van der Waals surface area (Å²) in [5.41, 5.74) is 0.223. The number of para-hydroxylation sites is 1. The van der Waals surface area contributed by atoms with Gasteiger partial charge in [0, 0.05) is 24.1 Å². The maximum atomic E-state index is 12.7. The molecule has 3 rings (SSSR count). The van der Waals surface area contributed by atoms with Gasteiger partial charge in [-0.15, -0.1) is 11.8 Å². The summed E-state index contributed by atoms with van der Waals surface area (Å²) in [6, 6.07) is 9.31. The van der Waals surface area contributed by atoms with Crippen LogP contribution in [0.25, 0.3) is 0 Å². The molecule has 0 radical (unpaired) electrons. The van der Waals surface area contributed by atoms with Gasteiger partial charge in [-0.1, -0.05) is 17.3 Å². The van der Waals surface area contributed by atoms with E-state index in [1.165, 1.54) is 0 Å². The normalized spacial score (nSPS) is 16.6. The van der Waals surface area contributed by atoms with Gasteiger partial charge < -0.3 is 18.9 Å². The van der Waals surface area contributed by atoms with Gasteiger partial charge in [0.1, 0.15) is 12.4 Å². The molecule has 0 bridgehead atoms. The summed E-state index contributed by atoms with van der Waals surface area (Å²) in [6.07, 6.45) is 3.47. The topological polar surface area (TPSA) is 81.9 Å². The van der Waals surface area contributed by atoms with Crippen LogP contribution in [-0.2, 0) is 16.1 Å². The smallest absolute Gasteiger partial charge is 0.310 e. The lowest BCUT2D eigenvalue weighted by molar-refractivity contribution is -0.149. The molecule has 2 heterocycles. The minimum absolute atomic E-state index is 0.184. The molecule has 0 N–H and O–H groups in total. The summed E-state index contributed by atoms with van der Waals surface area (Å²) in [4.78, 5) is 27.3. The Morgan fingerprint density at radius 3 is 2.96 bits per heavy atom. The number of esters is 1. The van der Waals surface area contributed by atoms with E-state index in [1.807, 2.05) is 30.5 Å². The number of hydrogen-bond acceptors (Lipinski definition) is 7. The van der Waals surface area contributed by atoms with Gasteiger partial charge in [0.25, 0.3) is 5.91 Å². The maximum Gasteiger partial charge on any atom is 0.310 e. The van der Waals surface area contributed by atoms with Crippen LogP contribution in [0.3, 0.4) is 0 Å². The minimum atomic E-state index is -0.282. The molecule has 1 saturated heterocycles. The quantitative estimate of drug-likeness (QED) is 0.517. The number of benzene rings is 1. The van der Waals surface area contributed by atoms with E-state index < -0.39 is 0 Å². The molecule has 1 aliphatic heterocycles. The number of hydrogen-bond donors (Lipinski definition) is 0. The van der Waals surface area contributed by atoms with Crippen LogP contribution >= 0.6 is 11.8 Å². The lowest BCUT2D eigenvalue weighted by atomic mass is 9.98. The predicted octanol–water partition coefficient (Wildman–Crippen LogP) is 3.39. The Balaban J connectivity index is 1.60. The number of likely N-dealkylation sites (tertiary alicyclic amines) is 1. The minimum Gasteiger partial charge on any atom is -0.484 e. The summed E-state index contributed by atoms with van der Waals surface area (Å²) >= 11 is 1.60. The van der Waals surface area contributed by atoms with Crippen LogP contribution in [0.5, 0.6) is 5.75 Å². The van der Waals surface area contributed by atoms with E-state index >= 15 is 0 Å². The van der Waals surface area contributed by atoms with E-state index in [0.29, 0.717) is 25.5 Å². The highest BCUT2D eigenvalue weighted by atomic mass is 32.2.